The molecule has 2 rings (SSSR count). The van der Waals surface area contributed by atoms with Crippen LogP contribution in [0.1, 0.15) is 30.9 Å². The number of aryl methyl sites for hydroxylation is 1. The molecule has 0 fully saturated rings. The van der Waals surface area contributed by atoms with E-state index in [1.165, 1.54) is 29.7 Å². The summed E-state index contributed by atoms with van der Waals surface area (Å²) in [5, 5.41) is 3.63. The zero-order valence-electron chi connectivity index (χ0n) is 10.3. The highest BCUT2D eigenvalue weighted by molar-refractivity contribution is 5.58. The van der Waals surface area contributed by atoms with Crippen LogP contribution in [0.15, 0.2) is 30.9 Å². The van der Waals surface area contributed by atoms with Gasteiger partial charge in [0.25, 0.3) is 0 Å². The molecule has 1 aliphatic heterocycles. The second kappa shape index (κ2) is 4.73. The average Bonchev–Trinajstić information content (AvgIpc) is 2.68. The number of fused-ring (bicyclic) bond motifs is 1. The third-order valence-corrected chi connectivity index (χ3v) is 3.48. The maximum atomic E-state index is 3.96. The smallest absolute Gasteiger partial charge is 0.0376 e. The van der Waals surface area contributed by atoms with E-state index < -0.39 is 0 Å². The van der Waals surface area contributed by atoms with E-state index >= 15 is 0 Å². The largest absolute Gasteiger partial charge is 0.381 e. The second-order valence-electron chi connectivity index (χ2n) is 4.80. The van der Waals surface area contributed by atoms with Gasteiger partial charge in [-0.3, -0.25) is 0 Å². The van der Waals surface area contributed by atoms with E-state index in [1.807, 2.05) is 0 Å². The van der Waals surface area contributed by atoms with Crippen molar-refractivity contribution in [1.82, 2.24) is 0 Å². The van der Waals surface area contributed by atoms with Gasteiger partial charge in [-0.15, -0.1) is 6.58 Å². The zero-order valence-corrected chi connectivity index (χ0v) is 10.3. The molecular weight excluding hydrogens is 194 g/mol. The Morgan fingerprint density at radius 3 is 3.06 bits per heavy atom. The Hall–Kier alpha value is -1.24. The van der Waals surface area contributed by atoms with E-state index in [9.17, 15) is 0 Å². The Balaban J connectivity index is 2.12. The van der Waals surface area contributed by atoms with Crippen LogP contribution in [-0.4, -0.2) is 6.04 Å². The normalized spacial score (nSPS) is 20.0. The van der Waals surface area contributed by atoms with Gasteiger partial charge in [0.15, 0.2) is 0 Å². The number of hydrogen-bond donors (Lipinski definition) is 1. The molecule has 1 N–H and O–H groups in total. The molecule has 0 amide bonds. The summed E-state index contributed by atoms with van der Waals surface area (Å²) in [4.78, 5) is 0. The molecule has 2 atom stereocenters. The van der Waals surface area contributed by atoms with Crippen LogP contribution in [0.2, 0.25) is 0 Å². The third kappa shape index (κ3) is 2.13. The van der Waals surface area contributed by atoms with E-state index in [0.29, 0.717) is 12.0 Å². The van der Waals surface area contributed by atoms with Gasteiger partial charge in [0.05, 0.1) is 0 Å². The molecule has 0 aliphatic carbocycles. The van der Waals surface area contributed by atoms with E-state index in [-0.39, 0.29) is 0 Å². The van der Waals surface area contributed by atoms with Crippen LogP contribution in [0, 0.1) is 12.8 Å². The summed E-state index contributed by atoms with van der Waals surface area (Å²) in [6, 6.07) is 7.23. The maximum absolute atomic E-state index is 3.96. The third-order valence-electron chi connectivity index (χ3n) is 3.48. The van der Waals surface area contributed by atoms with Gasteiger partial charge in [0.2, 0.25) is 0 Å². The summed E-state index contributed by atoms with van der Waals surface area (Å²) in [5.74, 6) is 0.595. The number of rotatable bonds is 4. The standard InChI is InChI=1S/C15H21N/c1-4-6-12(5-2)15-10-13-9-11(3)7-8-14(13)16-15/h5,7-9,12,15-16H,2,4,6,10H2,1,3H3/t12-,15-/m0/s1. The van der Waals surface area contributed by atoms with Crippen LogP contribution in [0.25, 0.3) is 0 Å². The molecular formula is C15H21N. The Morgan fingerprint density at radius 1 is 1.56 bits per heavy atom. The van der Waals surface area contributed by atoms with Crippen molar-refractivity contribution in [2.24, 2.45) is 5.92 Å². The fraction of sp³-hybridized carbons (Fsp3) is 0.467. The molecule has 1 aromatic carbocycles. The fourth-order valence-corrected chi connectivity index (χ4v) is 2.59. The minimum Gasteiger partial charge on any atom is -0.381 e. The van der Waals surface area contributed by atoms with Crippen LogP contribution in [0.4, 0.5) is 5.69 Å². The van der Waals surface area contributed by atoms with E-state index in [0.717, 1.165) is 6.42 Å². The van der Waals surface area contributed by atoms with Crippen molar-refractivity contribution in [3.8, 4) is 0 Å². The highest BCUT2D eigenvalue weighted by Gasteiger charge is 2.25. The Kier molecular flexibility index (Phi) is 3.33. The van der Waals surface area contributed by atoms with E-state index in [2.05, 4.69) is 50.0 Å². The van der Waals surface area contributed by atoms with E-state index in [1.54, 1.807) is 0 Å². The van der Waals surface area contributed by atoms with Gasteiger partial charge in [-0.1, -0.05) is 37.1 Å². The predicted octanol–water partition coefficient (Wildman–Crippen LogP) is 3.93. The Bertz CT molecular complexity index is 381. The lowest BCUT2D eigenvalue weighted by molar-refractivity contribution is 0.501. The number of hydrogen-bond acceptors (Lipinski definition) is 1. The van der Waals surface area contributed by atoms with Crippen LogP contribution in [0.5, 0.6) is 0 Å². The molecule has 0 bridgehead atoms. The monoisotopic (exact) mass is 215 g/mol. The van der Waals surface area contributed by atoms with Crippen molar-refractivity contribution < 1.29 is 0 Å². The van der Waals surface area contributed by atoms with Gasteiger partial charge in [0.1, 0.15) is 0 Å². The van der Waals surface area contributed by atoms with Crippen molar-refractivity contribution >= 4 is 5.69 Å². The first-order valence-corrected chi connectivity index (χ1v) is 6.23. The Morgan fingerprint density at radius 2 is 2.38 bits per heavy atom. The molecule has 1 heterocycles. The summed E-state index contributed by atoms with van der Waals surface area (Å²) >= 11 is 0. The van der Waals surface area contributed by atoms with Crippen molar-refractivity contribution in [2.45, 2.75) is 39.2 Å². The van der Waals surface area contributed by atoms with Crippen LogP contribution < -0.4 is 5.32 Å². The number of nitrogens with one attached hydrogen (secondary N) is 1. The van der Waals surface area contributed by atoms with Crippen LogP contribution >= 0.6 is 0 Å². The molecule has 0 radical (unpaired) electrons. The number of anilines is 1. The number of benzene rings is 1. The van der Waals surface area contributed by atoms with Gasteiger partial charge in [-0.25, -0.2) is 0 Å². The molecule has 16 heavy (non-hydrogen) atoms. The molecule has 0 saturated heterocycles. The summed E-state index contributed by atoms with van der Waals surface area (Å²) in [6.45, 7) is 8.36. The van der Waals surface area contributed by atoms with Gasteiger partial charge in [-0.2, -0.15) is 0 Å². The first kappa shape index (κ1) is 11.3. The second-order valence-corrected chi connectivity index (χ2v) is 4.80. The minimum atomic E-state index is 0.550. The summed E-state index contributed by atoms with van der Waals surface area (Å²) in [5.41, 5.74) is 4.14. The lowest BCUT2D eigenvalue weighted by Crippen LogP contribution is -2.25. The lowest BCUT2D eigenvalue weighted by Gasteiger charge is -2.20. The SMILES string of the molecule is C=C[C@@H](CCC)[C@@H]1Cc2cc(C)ccc2N1. The minimum absolute atomic E-state index is 0.550. The Labute approximate surface area is 98.6 Å². The highest BCUT2D eigenvalue weighted by atomic mass is 15.0. The molecule has 0 saturated carbocycles. The van der Waals surface area contributed by atoms with E-state index in [4.69, 9.17) is 0 Å². The molecule has 1 aromatic rings. The quantitative estimate of drug-likeness (QED) is 0.750. The predicted molar refractivity (Wildman–Crippen MR) is 70.9 cm³/mol. The molecule has 0 spiro atoms. The van der Waals surface area contributed by atoms with Gasteiger partial charge >= 0.3 is 0 Å². The first-order chi connectivity index (χ1) is 7.74. The average molecular weight is 215 g/mol. The molecule has 1 nitrogen and oxygen atoms in total. The van der Waals surface area contributed by atoms with Gasteiger partial charge in [0, 0.05) is 11.7 Å². The van der Waals surface area contributed by atoms with Crippen LogP contribution in [-0.2, 0) is 6.42 Å². The maximum Gasteiger partial charge on any atom is 0.0376 e. The first-order valence-electron chi connectivity index (χ1n) is 6.23. The summed E-state index contributed by atoms with van der Waals surface area (Å²) in [7, 11) is 0. The molecule has 0 unspecified atom stereocenters. The fourth-order valence-electron chi connectivity index (χ4n) is 2.59. The van der Waals surface area contributed by atoms with Crippen molar-refractivity contribution in [3.05, 3.63) is 42.0 Å². The molecule has 0 aromatic heterocycles. The molecule has 86 valence electrons. The zero-order chi connectivity index (χ0) is 11.5. The summed E-state index contributed by atoms with van der Waals surface area (Å²) in [6.07, 6.45) is 5.71. The van der Waals surface area contributed by atoms with Crippen molar-refractivity contribution in [1.29, 1.82) is 0 Å². The lowest BCUT2D eigenvalue weighted by atomic mass is 9.92. The van der Waals surface area contributed by atoms with Crippen molar-refractivity contribution in [3.63, 3.8) is 0 Å². The van der Waals surface area contributed by atoms with Gasteiger partial charge in [-0.05, 0) is 37.3 Å². The highest BCUT2D eigenvalue weighted by Crippen LogP contribution is 2.31. The topological polar surface area (TPSA) is 12.0 Å². The van der Waals surface area contributed by atoms with Gasteiger partial charge < -0.3 is 5.32 Å². The molecule has 1 aliphatic rings. The molecule has 1 heteroatoms. The van der Waals surface area contributed by atoms with Crippen LogP contribution in [0.3, 0.4) is 0 Å². The van der Waals surface area contributed by atoms with Crippen molar-refractivity contribution in [2.75, 3.05) is 5.32 Å². The summed E-state index contributed by atoms with van der Waals surface area (Å²) < 4.78 is 0.